The van der Waals surface area contributed by atoms with E-state index in [1.807, 2.05) is 11.8 Å². The maximum absolute atomic E-state index is 6.11. The van der Waals surface area contributed by atoms with E-state index in [1.165, 1.54) is 31.4 Å². The van der Waals surface area contributed by atoms with Crippen LogP contribution in [0.25, 0.3) is 0 Å². The summed E-state index contributed by atoms with van der Waals surface area (Å²) in [7, 11) is 2.27. The lowest BCUT2D eigenvalue weighted by Gasteiger charge is -2.43. The molecule has 0 spiro atoms. The van der Waals surface area contributed by atoms with Crippen LogP contribution in [-0.2, 0) is 0 Å². The molecule has 20 heavy (non-hydrogen) atoms. The van der Waals surface area contributed by atoms with E-state index in [2.05, 4.69) is 45.9 Å². The molecule has 1 saturated carbocycles. The number of nitrogens with two attached hydrogens (primary N) is 1. The van der Waals surface area contributed by atoms with Gasteiger partial charge >= 0.3 is 0 Å². The average Bonchev–Trinajstić information content (AvgIpc) is 2.39. The predicted octanol–water partition coefficient (Wildman–Crippen LogP) is 3.85. The Morgan fingerprint density at radius 3 is 2.15 bits per heavy atom. The van der Waals surface area contributed by atoms with Gasteiger partial charge in [0.15, 0.2) is 0 Å². The van der Waals surface area contributed by atoms with Gasteiger partial charge in [0.05, 0.1) is 0 Å². The van der Waals surface area contributed by atoms with E-state index in [0.29, 0.717) is 17.5 Å². The van der Waals surface area contributed by atoms with Crippen molar-refractivity contribution in [3.05, 3.63) is 0 Å². The summed E-state index contributed by atoms with van der Waals surface area (Å²) in [5.74, 6) is 2.89. The molecule has 1 aliphatic rings. The minimum atomic E-state index is 0.473. The second-order valence-electron chi connectivity index (χ2n) is 7.75. The summed E-state index contributed by atoms with van der Waals surface area (Å²) in [5, 5.41) is 0. The van der Waals surface area contributed by atoms with Crippen molar-refractivity contribution >= 4 is 11.8 Å². The molecule has 2 N–H and O–H groups in total. The topological polar surface area (TPSA) is 29.3 Å². The van der Waals surface area contributed by atoms with Crippen LogP contribution in [0.5, 0.6) is 0 Å². The Morgan fingerprint density at radius 2 is 1.75 bits per heavy atom. The molecule has 0 aromatic heterocycles. The summed E-state index contributed by atoms with van der Waals surface area (Å²) in [5.41, 5.74) is 6.58. The molecule has 0 bridgehead atoms. The molecule has 1 rings (SSSR count). The van der Waals surface area contributed by atoms with Crippen LogP contribution >= 0.6 is 11.8 Å². The van der Waals surface area contributed by atoms with Crippen molar-refractivity contribution in [1.82, 2.24) is 4.90 Å². The van der Waals surface area contributed by atoms with Crippen LogP contribution < -0.4 is 5.73 Å². The molecule has 1 aliphatic carbocycles. The summed E-state index contributed by atoms with van der Waals surface area (Å²) in [6.45, 7) is 10.3. The van der Waals surface area contributed by atoms with Gasteiger partial charge < -0.3 is 5.73 Å². The molecule has 0 amide bonds. The molecule has 0 aliphatic heterocycles. The maximum atomic E-state index is 6.11. The summed E-state index contributed by atoms with van der Waals surface area (Å²) in [6, 6.07) is 1.19. The number of hydrogen-bond donors (Lipinski definition) is 1. The van der Waals surface area contributed by atoms with Crippen molar-refractivity contribution in [2.45, 2.75) is 65.5 Å². The van der Waals surface area contributed by atoms with Gasteiger partial charge in [-0.2, -0.15) is 11.8 Å². The molecule has 0 radical (unpaired) electrons. The van der Waals surface area contributed by atoms with Crippen LogP contribution in [0, 0.1) is 17.3 Å². The second kappa shape index (κ2) is 8.05. The fraction of sp³-hybridized carbons (Fsp3) is 1.00. The minimum absolute atomic E-state index is 0.473. The Balaban J connectivity index is 2.56. The van der Waals surface area contributed by atoms with Gasteiger partial charge in [-0.15, -0.1) is 0 Å². The summed E-state index contributed by atoms with van der Waals surface area (Å²) in [4.78, 5) is 2.54. The Labute approximate surface area is 131 Å². The molecule has 0 heterocycles. The highest BCUT2D eigenvalue weighted by Crippen LogP contribution is 2.41. The van der Waals surface area contributed by atoms with E-state index >= 15 is 0 Å². The molecule has 120 valence electrons. The van der Waals surface area contributed by atoms with Crippen LogP contribution in [0.4, 0.5) is 0 Å². The molecule has 0 aromatic rings. The fourth-order valence-corrected chi connectivity index (χ4v) is 4.46. The number of hydrogen-bond acceptors (Lipinski definition) is 3. The fourth-order valence-electron chi connectivity index (χ4n) is 3.75. The van der Waals surface area contributed by atoms with Crippen molar-refractivity contribution < 1.29 is 0 Å². The minimum Gasteiger partial charge on any atom is -0.329 e. The highest BCUT2D eigenvalue weighted by Gasteiger charge is 2.34. The van der Waals surface area contributed by atoms with Crippen LogP contribution in [0.1, 0.15) is 53.4 Å². The van der Waals surface area contributed by atoms with Crippen LogP contribution in [0.15, 0.2) is 0 Å². The van der Waals surface area contributed by atoms with Crippen molar-refractivity contribution in [3.63, 3.8) is 0 Å². The lowest BCUT2D eigenvalue weighted by Crippen LogP contribution is -2.49. The Kier molecular flexibility index (Phi) is 7.37. The lowest BCUT2D eigenvalue weighted by molar-refractivity contribution is 0.0820. The smallest absolute Gasteiger partial charge is 0.0246 e. The molecular formula is C17H36N2S. The van der Waals surface area contributed by atoms with E-state index in [0.717, 1.165) is 18.4 Å². The standard InChI is InChI=1S/C17H36N2S/c1-13(12-20-6)19(5)16(11-18)14-7-9-15(10-8-14)17(2,3)4/h13-16H,7-12,18H2,1-6H3. The number of nitrogens with zero attached hydrogens (tertiary/aromatic N) is 1. The second-order valence-corrected chi connectivity index (χ2v) is 8.66. The largest absolute Gasteiger partial charge is 0.329 e. The first-order valence-corrected chi connectivity index (χ1v) is 9.61. The molecule has 2 nitrogen and oxygen atoms in total. The third-order valence-electron chi connectivity index (χ3n) is 5.41. The van der Waals surface area contributed by atoms with Crippen LogP contribution in [0.3, 0.4) is 0 Å². The molecular weight excluding hydrogens is 264 g/mol. The van der Waals surface area contributed by atoms with E-state index < -0.39 is 0 Å². The quantitative estimate of drug-likeness (QED) is 0.808. The summed E-state index contributed by atoms with van der Waals surface area (Å²) < 4.78 is 0. The third kappa shape index (κ3) is 4.92. The predicted molar refractivity (Wildman–Crippen MR) is 93.4 cm³/mol. The maximum Gasteiger partial charge on any atom is 0.0246 e. The number of likely N-dealkylation sites (N-methyl/N-ethyl adjacent to an activating group) is 1. The van der Waals surface area contributed by atoms with E-state index in [1.54, 1.807) is 0 Å². The zero-order chi connectivity index (χ0) is 15.3. The third-order valence-corrected chi connectivity index (χ3v) is 6.22. The highest BCUT2D eigenvalue weighted by atomic mass is 32.2. The van der Waals surface area contributed by atoms with Gasteiger partial charge in [0.25, 0.3) is 0 Å². The summed E-state index contributed by atoms with van der Waals surface area (Å²) in [6.07, 6.45) is 7.68. The van der Waals surface area contributed by atoms with Crippen molar-refractivity contribution in [2.75, 3.05) is 25.6 Å². The van der Waals surface area contributed by atoms with E-state index in [9.17, 15) is 0 Å². The van der Waals surface area contributed by atoms with Crippen LogP contribution in [0.2, 0.25) is 0 Å². The number of rotatable bonds is 6. The monoisotopic (exact) mass is 300 g/mol. The molecule has 0 saturated heterocycles. The molecule has 0 aromatic carbocycles. The Bertz CT molecular complexity index is 267. The first-order valence-electron chi connectivity index (χ1n) is 8.22. The van der Waals surface area contributed by atoms with Crippen LogP contribution in [-0.4, -0.2) is 42.6 Å². The van der Waals surface area contributed by atoms with Gasteiger partial charge in [-0.05, 0) is 63.2 Å². The van der Waals surface area contributed by atoms with Gasteiger partial charge in [0, 0.05) is 24.4 Å². The van der Waals surface area contributed by atoms with Gasteiger partial charge in [-0.3, -0.25) is 4.90 Å². The molecule has 2 unspecified atom stereocenters. The molecule has 1 fully saturated rings. The van der Waals surface area contributed by atoms with E-state index in [4.69, 9.17) is 5.73 Å². The average molecular weight is 301 g/mol. The van der Waals surface area contributed by atoms with Gasteiger partial charge in [-0.25, -0.2) is 0 Å². The lowest BCUT2D eigenvalue weighted by atomic mass is 9.68. The first kappa shape index (κ1) is 18.3. The summed E-state index contributed by atoms with van der Waals surface area (Å²) >= 11 is 1.93. The zero-order valence-electron chi connectivity index (χ0n) is 14.5. The molecule has 2 atom stereocenters. The van der Waals surface area contributed by atoms with Gasteiger partial charge in [0.1, 0.15) is 0 Å². The van der Waals surface area contributed by atoms with Gasteiger partial charge in [0.2, 0.25) is 0 Å². The first-order chi connectivity index (χ1) is 9.31. The highest BCUT2D eigenvalue weighted by molar-refractivity contribution is 7.98. The van der Waals surface area contributed by atoms with E-state index in [-0.39, 0.29) is 0 Å². The van der Waals surface area contributed by atoms with Crippen molar-refractivity contribution in [3.8, 4) is 0 Å². The van der Waals surface area contributed by atoms with Crippen molar-refractivity contribution in [2.24, 2.45) is 23.0 Å². The Hall–Kier alpha value is 0.270. The SMILES string of the molecule is CSCC(C)N(C)C(CN)C1CCC(C(C)(C)C)CC1. The Morgan fingerprint density at radius 1 is 1.20 bits per heavy atom. The number of thioether (sulfide) groups is 1. The normalized spacial score (nSPS) is 27.6. The van der Waals surface area contributed by atoms with Crippen molar-refractivity contribution in [1.29, 1.82) is 0 Å². The molecule has 3 heteroatoms. The zero-order valence-corrected chi connectivity index (χ0v) is 15.3. The van der Waals surface area contributed by atoms with Gasteiger partial charge in [-0.1, -0.05) is 20.8 Å².